The Kier molecular flexibility index (Phi) is 6.97. The number of thiazole rings is 1. The standard InChI is InChI=1S/C25H25N3O3S/c1-3-5-6-16-31-20-11-7-18(8-12-20)17-22-24(29)28-25(32-22)26-23(27-28)19-9-13-21(14-10-19)30-15-4-2/h4,7-14,17H,2-3,5-6,15-16H2,1H3/b22-17+. The van der Waals surface area contributed by atoms with Gasteiger partial charge in [0.1, 0.15) is 18.1 Å². The Hall–Kier alpha value is -3.45. The zero-order valence-electron chi connectivity index (χ0n) is 18.0. The third-order valence-electron chi connectivity index (χ3n) is 4.86. The van der Waals surface area contributed by atoms with Gasteiger partial charge in [0.2, 0.25) is 4.96 Å². The molecule has 2 heterocycles. The molecule has 0 aliphatic carbocycles. The smallest absolute Gasteiger partial charge is 0.291 e. The van der Waals surface area contributed by atoms with E-state index < -0.39 is 0 Å². The van der Waals surface area contributed by atoms with Gasteiger partial charge >= 0.3 is 0 Å². The second-order valence-corrected chi connectivity index (χ2v) is 8.30. The van der Waals surface area contributed by atoms with Crippen molar-refractivity contribution in [3.63, 3.8) is 0 Å². The molecular formula is C25H25N3O3S. The molecule has 0 aliphatic heterocycles. The molecule has 0 saturated carbocycles. The molecule has 6 nitrogen and oxygen atoms in total. The summed E-state index contributed by atoms with van der Waals surface area (Å²) in [5, 5.41) is 4.41. The molecule has 32 heavy (non-hydrogen) atoms. The van der Waals surface area contributed by atoms with E-state index in [0.717, 1.165) is 35.7 Å². The number of hydrogen-bond donors (Lipinski definition) is 0. The number of fused-ring (bicyclic) bond motifs is 1. The van der Waals surface area contributed by atoms with Crippen molar-refractivity contribution in [3.8, 4) is 22.9 Å². The van der Waals surface area contributed by atoms with Crippen molar-refractivity contribution in [2.75, 3.05) is 13.2 Å². The topological polar surface area (TPSA) is 65.7 Å². The average molecular weight is 448 g/mol. The zero-order chi connectivity index (χ0) is 22.3. The minimum Gasteiger partial charge on any atom is -0.494 e. The predicted molar refractivity (Wildman–Crippen MR) is 129 cm³/mol. The lowest BCUT2D eigenvalue weighted by Crippen LogP contribution is -2.23. The summed E-state index contributed by atoms with van der Waals surface area (Å²) >= 11 is 1.33. The molecule has 0 bridgehead atoms. The first-order valence-electron chi connectivity index (χ1n) is 10.7. The largest absolute Gasteiger partial charge is 0.494 e. The number of nitrogens with zero attached hydrogens (tertiary/aromatic N) is 3. The molecule has 2 aromatic heterocycles. The van der Waals surface area contributed by atoms with E-state index in [9.17, 15) is 4.79 Å². The second-order valence-electron chi connectivity index (χ2n) is 7.29. The third-order valence-corrected chi connectivity index (χ3v) is 5.82. The van der Waals surface area contributed by atoms with E-state index in [1.807, 2.05) is 54.6 Å². The van der Waals surface area contributed by atoms with Gasteiger partial charge in [-0.1, -0.05) is 55.9 Å². The average Bonchev–Trinajstić information content (AvgIpc) is 3.36. The molecule has 0 N–H and O–H groups in total. The molecule has 0 fully saturated rings. The SMILES string of the molecule is C=CCOc1ccc(-c2nc3s/c(=C/c4ccc(OCCCCC)cc4)c(=O)n3n2)cc1. The summed E-state index contributed by atoms with van der Waals surface area (Å²) in [6, 6.07) is 15.2. The Balaban J connectivity index is 1.51. The highest BCUT2D eigenvalue weighted by Gasteiger charge is 2.12. The number of unbranched alkanes of at least 4 members (excludes halogenated alkanes) is 2. The number of hydrogen-bond acceptors (Lipinski definition) is 6. The monoisotopic (exact) mass is 447 g/mol. The molecule has 2 aromatic carbocycles. The first kappa shape index (κ1) is 21.8. The molecule has 164 valence electrons. The molecule has 0 radical (unpaired) electrons. The van der Waals surface area contributed by atoms with Crippen molar-refractivity contribution < 1.29 is 9.47 Å². The molecule has 0 spiro atoms. The van der Waals surface area contributed by atoms with Crippen LogP contribution in [0.25, 0.3) is 22.4 Å². The third kappa shape index (κ3) is 5.06. The summed E-state index contributed by atoms with van der Waals surface area (Å²) in [6.45, 7) is 6.98. The molecule has 0 atom stereocenters. The lowest BCUT2D eigenvalue weighted by Gasteiger charge is -2.05. The van der Waals surface area contributed by atoms with Crippen LogP contribution in [0.4, 0.5) is 0 Å². The van der Waals surface area contributed by atoms with E-state index in [1.54, 1.807) is 6.08 Å². The number of rotatable bonds is 10. The van der Waals surface area contributed by atoms with Crippen molar-refractivity contribution >= 4 is 22.4 Å². The first-order valence-corrected chi connectivity index (χ1v) is 11.5. The highest BCUT2D eigenvalue weighted by Crippen LogP contribution is 2.20. The molecule has 0 unspecified atom stereocenters. The molecule has 7 heteroatoms. The quantitative estimate of drug-likeness (QED) is 0.265. The predicted octanol–water partition coefficient (Wildman–Crippen LogP) is 4.50. The van der Waals surface area contributed by atoms with Gasteiger partial charge in [0.05, 0.1) is 11.1 Å². The van der Waals surface area contributed by atoms with Crippen LogP contribution in [0, 0.1) is 0 Å². The van der Waals surface area contributed by atoms with Gasteiger partial charge in [-0.05, 0) is 54.5 Å². The number of ether oxygens (including phenoxy) is 2. The lowest BCUT2D eigenvalue weighted by molar-refractivity contribution is 0.306. The van der Waals surface area contributed by atoms with E-state index in [1.165, 1.54) is 28.7 Å². The molecule has 4 aromatic rings. The molecule has 0 amide bonds. The van der Waals surface area contributed by atoms with Crippen LogP contribution in [-0.2, 0) is 0 Å². The number of benzene rings is 2. The Bertz CT molecular complexity index is 1290. The molecule has 0 saturated heterocycles. The molecular weight excluding hydrogens is 422 g/mol. The Morgan fingerprint density at radius 3 is 2.44 bits per heavy atom. The maximum Gasteiger partial charge on any atom is 0.291 e. The maximum absolute atomic E-state index is 12.8. The summed E-state index contributed by atoms with van der Waals surface area (Å²) < 4.78 is 13.2. The van der Waals surface area contributed by atoms with Gasteiger partial charge in [-0.3, -0.25) is 4.79 Å². The molecule has 4 rings (SSSR count). The van der Waals surface area contributed by atoms with Crippen molar-refractivity contribution in [3.05, 3.63) is 81.6 Å². The van der Waals surface area contributed by atoms with Crippen LogP contribution in [0.15, 0.2) is 66.0 Å². The fourth-order valence-electron chi connectivity index (χ4n) is 3.17. The van der Waals surface area contributed by atoms with Crippen molar-refractivity contribution in [1.29, 1.82) is 0 Å². The van der Waals surface area contributed by atoms with E-state index in [4.69, 9.17) is 9.47 Å². The maximum atomic E-state index is 12.8. The van der Waals surface area contributed by atoms with E-state index in [-0.39, 0.29) is 5.56 Å². The highest BCUT2D eigenvalue weighted by atomic mass is 32.1. The summed E-state index contributed by atoms with van der Waals surface area (Å²) in [7, 11) is 0. The van der Waals surface area contributed by atoms with Gasteiger partial charge in [0.25, 0.3) is 5.56 Å². The van der Waals surface area contributed by atoms with Crippen molar-refractivity contribution in [2.45, 2.75) is 26.2 Å². The highest BCUT2D eigenvalue weighted by molar-refractivity contribution is 7.15. The fraction of sp³-hybridized carbons (Fsp3) is 0.240. The zero-order valence-corrected chi connectivity index (χ0v) is 18.8. The van der Waals surface area contributed by atoms with Crippen LogP contribution >= 0.6 is 11.3 Å². The van der Waals surface area contributed by atoms with Gasteiger partial charge < -0.3 is 9.47 Å². The Morgan fingerprint density at radius 2 is 1.75 bits per heavy atom. The van der Waals surface area contributed by atoms with Gasteiger partial charge in [-0.2, -0.15) is 9.50 Å². The van der Waals surface area contributed by atoms with Gasteiger partial charge in [-0.25, -0.2) is 0 Å². The van der Waals surface area contributed by atoms with Crippen LogP contribution in [0.5, 0.6) is 11.5 Å². The summed E-state index contributed by atoms with van der Waals surface area (Å²) in [5.41, 5.74) is 1.59. The van der Waals surface area contributed by atoms with Crippen LogP contribution in [0.1, 0.15) is 31.7 Å². The molecule has 0 aliphatic rings. The van der Waals surface area contributed by atoms with E-state index in [2.05, 4.69) is 23.6 Å². The number of aromatic nitrogens is 3. The van der Waals surface area contributed by atoms with Gasteiger partial charge in [0.15, 0.2) is 5.82 Å². The van der Waals surface area contributed by atoms with E-state index >= 15 is 0 Å². The van der Waals surface area contributed by atoms with Gasteiger partial charge in [-0.15, -0.1) is 5.10 Å². The normalized spacial score (nSPS) is 11.7. The van der Waals surface area contributed by atoms with Crippen LogP contribution in [-0.4, -0.2) is 27.8 Å². The van der Waals surface area contributed by atoms with Crippen LogP contribution < -0.4 is 19.6 Å². The van der Waals surface area contributed by atoms with Crippen LogP contribution in [0.2, 0.25) is 0 Å². The second kappa shape index (κ2) is 10.2. The van der Waals surface area contributed by atoms with Crippen LogP contribution in [0.3, 0.4) is 0 Å². The van der Waals surface area contributed by atoms with Crippen molar-refractivity contribution in [2.24, 2.45) is 0 Å². The summed E-state index contributed by atoms with van der Waals surface area (Å²) in [5.74, 6) is 2.10. The minimum atomic E-state index is -0.172. The van der Waals surface area contributed by atoms with E-state index in [0.29, 0.717) is 21.9 Å². The summed E-state index contributed by atoms with van der Waals surface area (Å²) in [4.78, 5) is 17.9. The Labute approximate surface area is 190 Å². The van der Waals surface area contributed by atoms with Gasteiger partial charge in [0, 0.05) is 5.56 Å². The van der Waals surface area contributed by atoms with Crippen molar-refractivity contribution in [1.82, 2.24) is 14.6 Å². The first-order chi connectivity index (χ1) is 15.7. The summed E-state index contributed by atoms with van der Waals surface area (Å²) in [6.07, 6.45) is 6.95. The Morgan fingerprint density at radius 1 is 1.03 bits per heavy atom. The minimum absolute atomic E-state index is 0.172. The lowest BCUT2D eigenvalue weighted by atomic mass is 10.2. The fourth-order valence-corrected chi connectivity index (χ4v) is 4.07.